The Labute approximate surface area is 192 Å². The third kappa shape index (κ3) is 5.48. The lowest BCUT2D eigenvalue weighted by atomic mass is 10.1. The highest BCUT2D eigenvalue weighted by Gasteiger charge is 2.28. The Bertz CT molecular complexity index is 1280. The van der Waals surface area contributed by atoms with Crippen molar-refractivity contribution >= 4 is 34.3 Å². The molecule has 0 atom stereocenters. The summed E-state index contributed by atoms with van der Waals surface area (Å²) in [6.07, 6.45) is 0.472. The molecule has 174 valence electrons. The lowest BCUT2D eigenvalue weighted by Gasteiger charge is -2.14. The Kier molecular flexibility index (Phi) is 7.11. The second-order valence-corrected chi connectivity index (χ2v) is 7.27. The van der Waals surface area contributed by atoms with E-state index < -0.39 is 32.1 Å². The average molecular weight is 465 g/mol. The maximum atomic E-state index is 13.1. The number of aryl methyl sites for hydroxylation is 1. The molecule has 0 aliphatic rings. The monoisotopic (exact) mass is 465 g/mol. The Morgan fingerprint density at radius 3 is 2.15 bits per heavy atom. The predicted molar refractivity (Wildman–Crippen MR) is 124 cm³/mol. The van der Waals surface area contributed by atoms with Crippen LogP contribution in [0, 0.1) is 37.3 Å². The van der Waals surface area contributed by atoms with Gasteiger partial charge in [-0.1, -0.05) is 36.4 Å². The first-order valence-corrected chi connectivity index (χ1v) is 9.98. The maximum absolute atomic E-state index is 13.1. The van der Waals surface area contributed by atoms with Crippen molar-refractivity contribution in [2.75, 3.05) is 17.2 Å². The lowest BCUT2D eigenvalue weighted by molar-refractivity contribution is -0.393. The molecule has 0 unspecified atom stereocenters. The maximum Gasteiger partial charge on any atom is 0.300 e. The van der Waals surface area contributed by atoms with E-state index in [4.69, 9.17) is 0 Å². The molecule has 0 radical (unpaired) electrons. The fourth-order valence-electron chi connectivity index (χ4n) is 3.25. The van der Waals surface area contributed by atoms with Crippen molar-refractivity contribution in [3.63, 3.8) is 0 Å². The number of nitrogens with zero attached hydrogens (tertiary/aromatic N) is 3. The Balaban J connectivity index is 2.00. The van der Waals surface area contributed by atoms with E-state index in [0.717, 1.165) is 23.8 Å². The van der Waals surface area contributed by atoms with Gasteiger partial charge in [0.15, 0.2) is 0 Å². The van der Waals surface area contributed by atoms with Crippen LogP contribution in [0.1, 0.15) is 21.5 Å². The quantitative estimate of drug-likeness (QED) is 0.340. The molecule has 0 aliphatic carbocycles. The first-order chi connectivity index (χ1) is 16.2. The van der Waals surface area contributed by atoms with Gasteiger partial charge in [0, 0.05) is 24.7 Å². The number of amides is 1. The Morgan fingerprint density at radius 1 is 0.853 bits per heavy atom. The van der Waals surface area contributed by atoms with E-state index in [-0.39, 0.29) is 29.2 Å². The van der Waals surface area contributed by atoms with E-state index in [2.05, 4.69) is 10.6 Å². The zero-order chi connectivity index (χ0) is 24.8. The van der Waals surface area contributed by atoms with Gasteiger partial charge in [-0.05, 0) is 24.5 Å². The van der Waals surface area contributed by atoms with Crippen LogP contribution in [0.4, 0.5) is 28.4 Å². The molecule has 0 saturated heterocycles. The van der Waals surface area contributed by atoms with Crippen molar-refractivity contribution in [3.05, 3.63) is 108 Å². The Hall–Kier alpha value is -4.87. The summed E-state index contributed by atoms with van der Waals surface area (Å²) in [5.41, 5.74) is -0.526. The summed E-state index contributed by atoms with van der Waals surface area (Å²) in [6, 6.07) is 14.8. The summed E-state index contributed by atoms with van der Waals surface area (Å²) in [5, 5.41) is 39.4. The highest BCUT2D eigenvalue weighted by atomic mass is 16.6. The predicted octanol–water partition coefficient (Wildman–Crippen LogP) is 4.63. The van der Waals surface area contributed by atoms with Crippen LogP contribution in [0.3, 0.4) is 0 Å². The molecule has 34 heavy (non-hydrogen) atoms. The molecule has 0 aromatic heterocycles. The van der Waals surface area contributed by atoms with Crippen LogP contribution >= 0.6 is 0 Å². The van der Waals surface area contributed by atoms with Crippen molar-refractivity contribution in [2.45, 2.75) is 13.3 Å². The second-order valence-electron chi connectivity index (χ2n) is 7.27. The van der Waals surface area contributed by atoms with E-state index >= 15 is 0 Å². The molecule has 3 rings (SSSR count). The van der Waals surface area contributed by atoms with Crippen LogP contribution in [0.15, 0.2) is 60.7 Å². The van der Waals surface area contributed by atoms with Crippen molar-refractivity contribution in [1.29, 1.82) is 0 Å². The van der Waals surface area contributed by atoms with E-state index in [1.54, 1.807) is 6.92 Å². The topological polar surface area (TPSA) is 171 Å². The highest BCUT2D eigenvalue weighted by Crippen LogP contribution is 2.34. The van der Waals surface area contributed by atoms with Gasteiger partial charge in [-0.2, -0.15) is 0 Å². The van der Waals surface area contributed by atoms with Gasteiger partial charge in [0.1, 0.15) is 5.69 Å². The van der Waals surface area contributed by atoms with Gasteiger partial charge in [-0.15, -0.1) is 0 Å². The standard InChI is InChI=1S/C22H19N5O7/c1-14-7-8-16(25(29)30)12-19(14)24-22(28)18-11-17(26(31)32)13-20(27(33)34)21(18)23-10-9-15-5-3-2-4-6-15/h2-8,11-13,23H,9-10H2,1H3,(H,24,28). The molecule has 12 heteroatoms. The minimum Gasteiger partial charge on any atom is -0.378 e. The molecule has 2 N–H and O–H groups in total. The SMILES string of the molecule is Cc1ccc([N+](=O)[O-])cc1NC(=O)c1cc([N+](=O)[O-])cc([N+](=O)[O-])c1NCCc1ccccc1. The molecule has 3 aromatic carbocycles. The van der Waals surface area contributed by atoms with Gasteiger partial charge >= 0.3 is 0 Å². The van der Waals surface area contributed by atoms with E-state index in [1.807, 2.05) is 30.3 Å². The number of hydrogen-bond acceptors (Lipinski definition) is 8. The average Bonchev–Trinajstić information content (AvgIpc) is 2.80. The van der Waals surface area contributed by atoms with Gasteiger partial charge in [0.2, 0.25) is 0 Å². The van der Waals surface area contributed by atoms with Gasteiger partial charge in [0.05, 0.1) is 32.1 Å². The first kappa shape index (κ1) is 23.8. The molecule has 1 amide bonds. The van der Waals surface area contributed by atoms with Crippen molar-refractivity contribution in [2.24, 2.45) is 0 Å². The molecule has 3 aromatic rings. The fourth-order valence-corrected chi connectivity index (χ4v) is 3.25. The minimum atomic E-state index is -0.891. The largest absolute Gasteiger partial charge is 0.378 e. The third-order valence-corrected chi connectivity index (χ3v) is 4.99. The summed E-state index contributed by atoms with van der Waals surface area (Å²) < 4.78 is 0. The van der Waals surface area contributed by atoms with E-state index in [1.165, 1.54) is 12.1 Å². The number of hydrogen-bond donors (Lipinski definition) is 2. The minimum absolute atomic E-state index is 0.101. The zero-order valence-electron chi connectivity index (χ0n) is 17.9. The number of nitrogens with one attached hydrogen (secondary N) is 2. The zero-order valence-corrected chi connectivity index (χ0v) is 17.9. The summed E-state index contributed by atoms with van der Waals surface area (Å²) in [5.74, 6) is -0.891. The summed E-state index contributed by atoms with van der Waals surface area (Å²) >= 11 is 0. The van der Waals surface area contributed by atoms with Crippen LogP contribution in [-0.4, -0.2) is 27.2 Å². The normalized spacial score (nSPS) is 10.4. The molecular weight excluding hydrogens is 446 g/mol. The van der Waals surface area contributed by atoms with Crippen molar-refractivity contribution in [3.8, 4) is 0 Å². The molecule has 0 saturated carbocycles. The number of benzene rings is 3. The Morgan fingerprint density at radius 2 is 1.53 bits per heavy atom. The smallest absolute Gasteiger partial charge is 0.300 e. The van der Waals surface area contributed by atoms with Crippen molar-refractivity contribution in [1.82, 2.24) is 0 Å². The summed E-state index contributed by atoms with van der Waals surface area (Å²) in [7, 11) is 0. The van der Waals surface area contributed by atoms with Gasteiger partial charge in [-0.3, -0.25) is 35.1 Å². The number of rotatable bonds is 9. The summed E-state index contributed by atoms with van der Waals surface area (Å²) in [4.78, 5) is 44.9. The van der Waals surface area contributed by atoms with Crippen LogP contribution in [-0.2, 0) is 6.42 Å². The molecule has 0 spiro atoms. The summed E-state index contributed by atoms with van der Waals surface area (Å²) in [6.45, 7) is 1.81. The van der Waals surface area contributed by atoms with Gasteiger partial charge in [-0.25, -0.2) is 0 Å². The number of anilines is 2. The molecule has 0 aliphatic heterocycles. The fraction of sp³-hybridized carbons (Fsp3) is 0.136. The first-order valence-electron chi connectivity index (χ1n) is 9.98. The molecule has 0 heterocycles. The third-order valence-electron chi connectivity index (χ3n) is 4.99. The molecule has 12 nitrogen and oxygen atoms in total. The molecular formula is C22H19N5O7. The lowest BCUT2D eigenvalue weighted by Crippen LogP contribution is -2.18. The molecule has 0 fully saturated rings. The van der Waals surface area contributed by atoms with Crippen LogP contribution < -0.4 is 10.6 Å². The number of non-ortho nitro benzene ring substituents is 2. The number of carbonyl (C=O) groups excluding carboxylic acids is 1. The van der Waals surface area contributed by atoms with Crippen LogP contribution in [0.2, 0.25) is 0 Å². The van der Waals surface area contributed by atoms with Crippen LogP contribution in [0.5, 0.6) is 0 Å². The van der Waals surface area contributed by atoms with Gasteiger partial charge in [0.25, 0.3) is 23.0 Å². The molecule has 0 bridgehead atoms. The van der Waals surface area contributed by atoms with E-state index in [0.29, 0.717) is 12.0 Å². The van der Waals surface area contributed by atoms with Crippen LogP contribution in [0.25, 0.3) is 0 Å². The van der Waals surface area contributed by atoms with E-state index in [9.17, 15) is 35.1 Å². The van der Waals surface area contributed by atoms with Crippen molar-refractivity contribution < 1.29 is 19.6 Å². The number of carbonyl (C=O) groups is 1. The van der Waals surface area contributed by atoms with Gasteiger partial charge < -0.3 is 10.6 Å². The number of nitro benzene ring substituents is 3. The highest BCUT2D eigenvalue weighted by molar-refractivity contribution is 6.10. The second kappa shape index (κ2) is 10.2. The number of nitro groups is 3.